The van der Waals surface area contributed by atoms with Gasteiger partial charge in [0, 0.05) is 28.2 Å². The summed E-state index contributed by atoms with van der Waals surface area (Å²) in [5.74, 6) is 2.12. The zero-order chi connectivity index (χ0) is 28.8. The van der Waals surface area contributed by atoms with Crippen molar-refractivity contribution in [2.24, 2.45) is 57.2 Å². The molecular formula is C35H54O5. The lowest BCUT2D eigenvalue weighted by Gasteiger charge is -2.85. The van der Waals surface area contributed by atoms with Crippen molar-refractivity contribution in [3.8, 4) is 0 Å². The van der Waals surface area contributed by atoms with Gasteiger partial charge in [0.15, 0.2) is 0 Å². The minimum Gasteiger partial charge on any atom is -0.458 e. The second kappa shape index (κ2) is 8.17. The Kier molecular flexibility index (Phi) is 5.70. The van der Waals surface area contributed by atoms with Gasteiger partial charge in [-0.1, -0.05) is 47.6 Å². The number of aliphatic hydroxyl groups is 2. The summed E-state index contributed by atoms with van der Waals surface area (Å²) in [7, 11) is 0. The maximum atomic E-state index is 13.1. The molecule has 14 atom stereocenters. The Morgan fingerprint density at radius 2 is 1.65 bits per heavy atom. The fourth-order valence-corrected chi connectivity index (χ4v) is 13.9. The highest BCUT2D eigenvalue weighted by atomic mass is 16.6. The van der Waals surface area contributed by atoms with Crippen molar-refractivity contribution in [2.45, 2.75) is 143 Å². The number of fused-ring (bicyclic) bond motifs is 7. The van der Waals surface area contributed by atoms with Crippen LogP contribution in [0.3, 0.4) is 0 Å². The average molecular weight is 555 g/mol. The standard InChI is InChI=1S/C35H54O5/c1-9-19(2)28(38)39-27-21(4)34-18-33(17-30(27,5)6)29(34)35(40-33)15-12-24-31(7)14-11-23(36)20(3)22(31)10-13-32(24,8)25(35)16-26(34)37/h9,20-27,29,36-37H,10-18H2,1-8H3/b19-9-/t20?,21-,22?,23?,24?,25?,26+,27?,29?,31?,32?,33?,34?,35?/m0/s1. The Balaban J connectivity index is 1.25. The van der Waals surface area contributed by atoms with Gasteiger partial charge in [0.1, 0.15) is 6.10 Å². The highest BCUT2D eigenvalue weighted by Crippen LogP contribution is 2.86. The summed E-state index contributed by atoms with van der Waals surface area (Å²) < 4.78 is 13.7. The number of ether oxygens (including phenoxy) is 2. The van der Waals surface area contributed by atoms with Crippen molar-refractivity contribution in [2.75, 3.05) is 0 Å². The van der Waals surface area contributed by atoms with Gasteiger partial charge in [-0.3, -0.25) is 0 Å². The molecule has 2 bridgehead atoms. The Morgan fingerprint density at radius 1 is 0.950 bits per heavy atom. The topological polar surface area (TPSA) is 76.0 Å². The van der Waals surface area contributed by atoms with Crippen LogP contribution in [0, 0.1) is 57.2 Å². The smallest absolute Gasteiger partial charge is 0.333 e. The Morgan fingerprint density at radius 3 is 2.35 bits per heavy atom. The van der Waals surface area contributed by atoms with E-state index in [-0.39, 0.29) is 57.0 Å². The molecule has 7 saturated carbocycles. The van der Waals surface area contributed by atoms with Gasteiger partial charge < -0.3 is 19.7 Å². The third kappa shape index (κ3) is 2.99. The molecule has 8 aliphatic rings. The molecular weight excluding hydrogens is 500 g/mol. The second-order valence-corrected chi connectivity index (χ2v) is 17.1. The molecule has 3 spiro atoms. The first-order valence-corrected chi connectivity index (χ1v) is 16.5. The first-order chi connectivity index (χ1) is 18.6. The van der Waals surface area contributed by atoms with Gasteiger partial charge in [0.05, 0.1) is 23.4 Å². The third-order valence-corrected chi connectivity index (χ3v) is 15.3. The first kappa shape index (κ1) is 27.9. The minimum atomic E-state index is -0.395. The molecule has 0 aromatic heterocycles. The van der Waals surface area contributed by atoms with Crippen LogP contribution in [0.4, 0.5) is 0 Å². The maximum Gasteiger partial charge on any atom is 0.333 e. The van der Waals surface area contributed by atoms with Gasteiger partial charge in [-0.2, -0.15) is 0 Å². The number of hydrogen-bond donors (Lipinski definition) is 2. The number of esters is 1. The molecule has 8 rings (SSSR count). The van der Waals surface area contributed by atoms with E-state index in [9.17, 15) is 15.0 Å². The molecule has 5 heteroatoms. The van der Waals surface area contributed by atoms with Crippen molar-refractivity contribution in [1.29, 1.82) is 0 Å². The number of rotatable bonds is 2. The predicted octanol–water partition coefficient (Wildman–Crippen LogP) is 6.45. The highest BCUT2D eigenvalue weighted by Gasteiger charge is 2.89. The number of carbonyl (C=O) groups excluding carboxylic acids is 1. The quantitative estimate of drug-likeness (QED) is 0.303. The van der Waals surface area contributed by atoms with E-state index in [1.807, 2.05) is 19.9 Å². The lowest BCUT2D eigenvalue weighted by Crippen LogP contribution is -2.90. The van der Waals surface area contributed by atoms with Crippen LogP contribution in [-0.2, 0) is 14.3 Å². The van der Waals surface area contributed by atoms with Crippen molar-refractivity contribution in [1.82, 2.24) is 0 Å². The monoisotopic (exact) mass is 554 g/mol. The lowest BCUT2D eigenvalue weighted by molar-refractivity contribution is -0.493. The van der Waals surface area contributed by atoms with Crippen LogP contribution < -0.4 is 0 Å². The molecule has 1 saturated heterocycles. The van der Waals surface area contributed by atoms with E-state index < -0.39 is 6.10 Å². The first-order valence-electron chi connectivity index (χ1n) is 16.5. The molecule has 1 aliphatic heterocycles. The fraction of sp³-hybridized carbons (Fsp3) is 0.914. The zero-order valence-corrected chi connectivity index (χ0v) is 26.3. The van der Waals surface area contributed by atoms with Crippen LogP contribution in [0.2, 0.25) is 0 Å². The van der Waals surface area contributed by atoms with Gasteiger partial charge >= 0.3 is 5.97 Å². The average Bonchev–Trinajstić information content (AvgIpc) is 2.97. The summed E-state index contributed by atoms with van der Waals surface area (Å²) >= 11 is 0. The fourth-order valence-electron chi connectivity index (χ4n) is 13.9. The molecule has 2 N–H and O–H groups in total. The van der Waals surface area contributed by atoms with E-state index in [1.165, 1.54) is 19.3 Å². The summed E-state index contributed by atoms with van der Waals surface area (Å²) in [6, 6.07) is 0. The van der Waals surface area contributed by atoms with E-state index in [2.05, 4.69) is 41.5 Å². The normalized spacial score (nSPS) is 59.5. The molecule has 0 aromatic rings. The number of allylic oxidation sites excluding steroid dienone is 1. The predicted molar refractivity (Wildman–Crippen MR) is 154 cm³/mol. The summed E-state index contributed by atoms with van der Waals surface area (Å²) in [5, 5.41) is 23.0. The molecule has 224 valence electrons. The largest absolute Gasteiger partial charge is 0.458 e. The summed E-state index contributed by atoms with van der Waals surface area (Å²) in [5.41, 5.74) is 0.214. The minimum absolute atomic E-state index is 0.0768. The van der Waals surface area contributed by atoms with Crippen molar-refractivity contribution in [3.05, 3.63) is 11.6 Å². The van der Waals surface area contributed by atoms with Gasteiger partial charge in [-0.05, 0) is 106 Å². The van der Waals surface area contributed by atoms with E-state index >= 15 is 0 Å². The Labute approximate surface area is 241 Å². The second-order valence-electron chi connectivity index (χ2n) is 17.1. The molecule has 12 unspecified atom stereocenters. The van der Waals surface area contributed by atoms with Crippen LogP contribution in [0.5, 0.6) is 0 Å². The van der Waals surface area contributed by atoms with Crippen LogP contribution in [-0.4, -0.2) is 45.7 Å². The van der Waals surface area contributed by atoms with Crippen molar-refractivity contribution >= 4 is 5.97 Å². The number of carbonyl (C=O) groups is 1. The molecule has 1 heterocycles. The van der Waals surface area contributed by atoms with Gasteiger partial charge in [-0.25, -0.2) is 4.79 Å². The van der Waals surface area contributed by atoms with Gasteiger partial charge in [0.2, 0.25) is 0 Å². The lowest BCUT2D eigenvalue weighted by atomic mass is 9.27. The summed E-state index contributed by atoms with van der Waals surface area (Å²) in [6.45, 7) is 17.9. The number of aliphatic hydroxyl groups excluding tert-OH is 2. The zero-order valence-electron chi connectivity index (χ0n) is 26.3. The molecule has 0 radical (unpaired) electrons. The molecule has 7 aliphatic carbocycles. The molecule has 5 nitrogen and oxygen atoms in total. The maximum absolute atomic E-state index is 13.1. The van der Waals surface area contributed by atoms with Crippen LogP contribution in [0.25, 0.3) is 0 Å². The number of hydrogen-bond acceptors (Lipinski definition) is 5. The van der Waals surface area contributed by atoms with E-state index in [0.29, 0.717) is 35.2 Å². The highest BCUT2D eigenvalue weighted by molar-refractivity contribution is 5.87. The molecule has 40 heavy (non-hydrogen) atoms. The van der Waals surface area contributed by atoms with E-state index in [0.717, 1.165) is 38.5 Å². The van der Waals surface area contributed by atoms with Gasteiger partial charge in [0.25, 0.3) is 0 Å². The SMILES string of the molecule is C/C=C(/C)C(=O)OC1[C@H](C)C23CC4(CC1(C)C)OC1(CCC5C6(C)CCC(O)C(C)C6CCC5(C)C1C[C@H]2O)C43. The Bertz CT molecular complexity index is 1140. The third-order valence-electron chi connectivity index (χ3n) is 15.3. The van der Waals surface area contributed by atoms with Crippen LogP contribution >= 0.6 is 0 Å². The van der Waals surface area contributed by atoms with E-state index in [1.54, 1.807) is 0 Å². The molecule has 0 amide bonds. The van der Waals surface area contributed by atoms with Gasteiger partial charge in [-0.15, -0.1) is 0 Å². The van der Waals surface area contributed by atoms with E-state index in [4.69, 9.17) is 9.47 Å². The van der Waals surface area contributed by atoms with Crippen molar-refractivity contribution < 1.29 is 24.5 Å². The van der Waals surface area contributed by atoms with Crippen molar-refractivity contribution in [3.63, 3.8) is 0 Å². The van der Waals surface area contributed by atoms with Crippen LogP contribution in [0.1, 0.15) is 113 Å². The summed E-state index contributed by atoms with van der Waals surface area (Å²) in [6.07, 6.45) is 10.3. The molecule has 8 fully saturated rings. The molecule has 0 aromatic carbocycles. The Hall–Kier alpha value is -0.910. The van der Waals surface area contributed by atoms with Crippen LogP contribution in [0.15, 0.2) is 11.6 Å². The summed E-state index contributed by atoms with van der Waals surface area (Å²) in [4.78, 5) is 13.1.